The fourth-order valence-electron chi connectivity index (χ4n) is 2.25. The van der Waals surface area contributed by atoms with Gasteiger partial charge < -0.3 is 15.2 Å². The number of ether oxygens (including phenoxy) is 1. The summed E-state index contributed by atoms with van der Waals surface area (Å²) in [4.78, 5) is 23.2. The molecule has 5 nitrogen and oxygen atoms in total. The van der Waals surface area contributed by atoms with E-state index in [2.05, 4.69) is 5.32 Å². The molecule has 0 aromatic heterocycles. The number of carboxylic acid groups (broad SMARTS) is 1. The molecule has 2 N–H and O–H groups in total. The molecule has 0 aliphatic heterocycles. The second-order valence-corrected chi connectivity index (χ2v) is 5.37. The number of hydrogen-bond acceptors (Lipinski definition) is 3. The van der Waals surface area contributed by atoms with Crippen molar-refractivity contribution in [1.29, 1.82) is 0 Å². The lowest BCUT2D eigenvalue weighted by atomic mass is 9.96. The number of benzene rings is 1. The van der Waals surface area contributed by atoms with Gasteiger partial charge in [0.05, 0.1) is 7.11 Å². The van der Waals surface area contributed by atoms with Crippen molar-refractivity contribution in [2.75, 3.05) is 7.11 Å². The normalized spacial score (nSPS) is 13.3. The summed E-state index contributed by atoms with van der Waals surface area (Å²) < 4.78 is 18.8. The number of carboxylic acids is 1. The molecule has 0 aliphatic carbocycles. The molecule has 1 atom stereocenters. The largest absolute Gasteiger partial charge is 0.494 e. The van der Waals surface area contributed by atoms with Crippen molar-refractivity contribution in [1.82, 2.24) is 5.32 Å². The number of aliphatic carboxylic acids is 1. The van der Waals surface area contributed by atoms with E-state index in [1.54, 1.807) is 12.1 Å². The van der Waals surface area contributed by atoms with Gasteiger partial charge in [0.25, 0.3) is 0 Å². The zero-order valence-corrected chi connectivity index (χ0v) is 13.1. The monoisotopic (exact) mass is 311 g/mol. The Morgan fingerprint density at radius 2 is 2.09 bits per heavy atom. The number of halogens is 1. The van der Waals surface area contributed by atoms with Crippen molar-refractivity contribution in [2.45, 2.75) is 45.1 Å². The summed E-state index contributed by atoms with van der Waals surface area (Å²) in [6.45, 7) is 3.32. The van der Waals surface area contributed by atoms with Gasteiger partial charge in [-0.05, 0) is 31.4 Å². The Morgan fingerprint density at radius 3 is 2.64 bits per heavy atom. The highest BCUT2D eigenvalue weighted by molar-refractivity contribution is 5.86. The van der Waals surface area contributed by atoms with Crippen LogP contribution in [0, 0.1) is 5.82 Å². The van der Waals surface area contributed by atoms with Crippen LogP contribution in [0.5, 0.6) is 5.75 Å². The lowest BCUT2D eigenvalue weighted by Gasteiger charge is -2.25. The molecule has 0 heterocycles. The molecule has 122 valence electrons. The van der Waals surface area contributed by atoms with Gasteiger partial charge in [-0.2, -0.15) is 0 Å². The smallest absolute Gasteiger partial charge is 0.329 e. The predicted octanol–water partition coefficient (Wildman–Crippen LogP) is 2.53. The van der Waals surface area contributed by atoms with Crippen LogP contribution in [0.25, 0.3) is 0 Å². The van der Waals surface area contributed by atoms with Crippen LogP contribution in [0.2, 0.25) is 0 Å². The van der Waals surface area contributed by atoms with Gasteiger partial charge in [-0.25, -0.2) is 9.18 Å². The lowest BCUT2D eigenvalue weighted by Crippen LogP contribution is -2.52. The fourth-order valence-corrected chi connectivity index (χ4v) is 2.25. The summed E-state index contributed by atoms with van der Waals surface area (Å²) in [5.41, 5.74) is -0.930. The van der Waals surface area contributed by atoms with Crippen LogP contribution >= 0.6 is 0 Å². The first-order valence-corrected chi connectivity index (χ1v) is 7.19. The zero-order chi connectivity index (χ0) is 16.8. The van der Waals surface area contributed by atoms with E-state index < -0.39 is 23.2 Å². The average Bonchev–Trinajstić information content (AvgIpc) is 2.46. The van der Waals surface area contributed by atoms with E-state index in [-0.39, 0.29) is 18.6 Å². The summed E-state index contributed by atoms with van der Waals surface area (Å²) in [6.07, 6.45) is 1.16. The van der Waals surface area contributed by atoms with Crippen molar-refractivity contribution in [2.24, 2.45) is 0 Å². The van der Waals surface area contributed by atoms with Gasteiger partial charge in [-0.15, -0.1) is 0 Å². The maximum Gasteiger partial charge on any atom is 0.329 e. The Morgan fingerprint density at radius 1 is 1.41 bits per heavy atom. The maximum absolute atomic E-state index is 14.0. The Hall–Kier alpha value is -2.11. The van der Waals surface area contributed by atoms with E-state index in [1.807, 2.05) is 6.92 Å². The molecule has 1 aromatic rings. The quantitative estimate of drug-likeness (QED) is 0.773. The minimum absolute atomic E-state index is 0.0106. The predicted molar refractivity (Wildman–Crippen MR) is 80.4 cm³/mol. The Kier molecular flexibility index (Phi) is 6.34. The third-order valence-electron chi connectivity index (χ3n) is 3.52. The van der Waals surface area contributed by atoms with Crippen LogP contribution in [0.3, 0.4) is 0 Å². The van der Waals surface area contributed by atoms with Gasteiger partial charge in [0.1, 0.15) is 5.54 Å². The second kappa shape index (κ2) is 7.77. The topological polar surface area (TPSA) is 75.6 Å². The highest BCUT2D eigenvalue weighted by atomic mass is 19.1. The molecule has 0 saturated heterocycles. The van der Waals surface area contributed by atoms with E-state index in [9.17, 15) is 19.1 Å². The zero-order valence-electron chi connectivity index (χ0n) is 13.1. The minimum atomic E-state index is -1.29. The van der Waals surface area contributed by atoms with Crippen LogP contribution < -0.4 is 10.1 Å². The lowest BCUT2D eigenvalue weighted by molar-refractivity contribution is -0.147. The van der Waals surface area contributed by atoms with Crippen LogP contribution in [0.4, 0.5) is 4.39 Å². The van der Waals surface area contributed by atoms with Gasteiger partial charge in [-0.1, -0.05) is 25.5 Å². The molecule has 0 fully saturated rings. The summed E-state index contributed by atoms with van der Waals surface area (Å²) in [5, 5.41) is 11.7. The van der Waals surface area contributed by atoms with Gasteiger partial charge in [0.2, 0.25) is 5.91 Å². The second-order valence-electron chi connectivity index (χ2n) is 5.37. The first kappa shape index (κ1) is 17.9. The molecule has 0 spiro atoms. The van der Waals surface area contributed by atoms with Crippen molar-refractivity contribution in [3.63, 3.8) is 0 Å². The molecule has 0 saturated carbocycles. The van der Waals surface area contributed by atoms with Crippen LogP contribution in [0.1, 0.15) is 38.7 Å². The molecule has 1 amide bonds. The van der Waals surface area contributed by atoms with Crippen LogP contribution in [-0.2, 0) is 16.0 Å². The Balaban J connectivity index is 2.68. The number of carbonyl (C=O) groups excluding carboxylic acids is 1. The molecule has 22 heavy (non-hydrogen) atoms. The Labute approximate surface area is 129 Å². The van der Waals surface area contributed by atoms with E-state index in [0.717, 1.165) is 0 Å². The van der Waals surface area contributed by atoms with Gasteiger partial charge in [0, 0.05) is 6.42 Å². The third-order valence-corrected chi connectivity index (χ3v) is 3.52. The van der Waals surface area contributed by atoms with Crippen molar-refractivity contribution < 1.29 is 23.8 Å². The standard InChI is InChI=1S/C16H22FNO4/c1-4-10-16(2,15(20)21)18-13(19)9-8-11-6-5-7-12(22-3)14(11)17/h5-7H,4,8-10H2,1-3H3,(H,18,19)(H,20,21). The molecule has 1 rings (SSSR count). The van der Waals surface area contributed by atoms with Crippen LogP contribution in [-0.4, -0.2) is 29.6 Å². The molecule has 1 aromatic carbocycles. The number of aryl methyl sites for hydroxylation is 1. The number of nitrogens with one attached hydrogen (secondary N) is 1. The first-order valence-electron chi connectivity index (χ1n) is 7.19. The number of methoxy groups -OCH3 is 1. The van der Waals surface area contributed by atoms with Crippen molar-refractivity contribution in [3.05, 3.63) is 29.6 Å². The van der Waals surface area contributed by atoms with Gasteiger partial charge in [0.15, 0.2) is 11.6 Å². The van der Waals surface area contributed by atoms with Gasteiger partial charge in [-0.3, -0.25) is 4.79 Å². The highest BCUT2D eigenvalue weighted by Gasteiger charge is 2.33. The van der Waals surface area contributed by atoms with Crippen LogP contribution in [0.15, 0.2) is 18.2 Å². The van der Waals surface area contributed by atoms with E-state index in [4.69, 9.17) is 4.74 Å². The molecule has 6 heteroatoms. The molecule has 0 aliphatic rings. The number of amides is 1. The SMILES string of the molecule is CCCC(C)(NC(=O)CCc1cccc(OC)c1F)C(=O)O. The summed E-state index contributed by atoms with van der Waals surface area (Å²) in [5.74, 6) is -1.86. The van der Waals surface area contributed by atoms with Crippen molar-refractivity contribution in [3.8, 4) is 5.75 Å². The first-order chi connectivity index (χ1) is 10.3. The van der Waals surface area contributed by atoms with Crippen molar-refractivity contribution >= 4 is 11.9 Å². The molecule has 0 radical (unpaired) electrons. The summed E-state index contributed by atoms with van der Waals surface area (Å²) in [7, 11) is 1.37. The average molecular weight is 311 g/mol. The number of carbonyl (C=O) groups is 2. The summed E-state index contributed by atoms with van der Waals surface area (Å²) >= 11 is 0. The molecule has 1 unspecified atom stereocenters. The molecule has 0 bridgehead atoms. The minimum Gasteiger partial charge on any atom is -0.494 e. The number of rotatable bonds is 8. The Bertz CT molecular complexity index is 547. The maximum atomic E-state index is 14.0. The van der Waals surface area contributed by atoms with E-state index in [0.29, 0.717) is 18.4 Å². The summed E-state index contributed by atoms with van der Waals surface area (Å²) in [6, 6.07) is 4.73. The highest BCUT2D eigenvalue weighted by Crippen LogP contribution is 2.21. The molecular formula is C16H22FNO4. The molecular weight excluding hydrogens is 289 g/mol. The van der Waals surface area contributed by atoms with Gasteiger partial charge >= 0.3 is 5.97 Å². The van der Waals surface area contributed by atoms with E-state index in [1.165, 1.54) is 20.1 Å². The fraction of sp³-hybridized carbons (Fsp3) is 0.500. The third kappa shape index (κ3) is 4.44. The number of hydrogen-bond donors (Lipinski definition) is 2. The van der Waals surface area contributed by atoms with E-state index >= 15 is 0 Å².